The van der Waals surface area contributed by atoms with E-state index >= 15 is 0 Å². The minimum absolute atomic E-state index is 0.0454. The van der Waals surface area contributed by atoms with Crippen LogP contribution in [0.15, 0.2) is 18.5 Å². The van der Waals surface area contributed by atoms with E-state index in [1.54, 1.807) is 25.5 Å². The molecule has 0 fully saturated rings. The van der Waals surface area contributed by atoms with Crippen molar-refractivity contribution in [2.75, 3.05) is 13.6 Å². The van der Waals surface area contributed by atoms with Gasteiger partial charge in [0.15, 0.2) is 0 Å². The summed E-state index contributed by atoms with van der Waals surface area (Å²) in [5.74, 6) is 0.641. The maximum absolute atomic E-state index is 10.8. The fourth-order valence-electron chi connectivity index (χ4n) is 0.797. The number of hydrogen-bond donors (Lipinski definition) is 2. The highest BCUT2D eigenvalue weighted by Gasteiger charge is 1.97. The summed E-state index contributed by atoms with van der Waals surface area (Å²) < 4.78 is 0. The Balaban J connectivity index is 2.24. The van der Waals surface area contributed by atoms with Crippen molar-refractivity contribution in [2.45, 2.75) is 6.54 Å². The first-order chi connectivity index (χ1) is 6.33. The van der Waals surface area contributed by atoms with E-state index in [9.17, 15) is 4.79 Å². The van der Waals surface area contributed by atoms with Gasteiger partial charge in [-0.1, -0.05) is 0 Å². The molecule has 0 atom stereocenters. The molecule has 1 aromatic rings. The first kappa shape index (κ1) is 9.60. The molecule has 0 saturated carbocycles. The van der Waals surface area contributed by atoms with Gasteiger partial charge in [-0.25, -0.2) is 9.97 Å². The van der Waals surface area contributed by atoms with Crippen molar-refractivity contribution in [3.05, 3.63) is 24.3 Å². The second-order valence-corrected chi connectivity index (χ2v) is 2.44. The molecule has 1 heterocycles. The van der Waals surface area contributed by atoms with Crippen LogP contribution in [0.4, 0.5) is 0 Å². The largest absolute Gasteiger partial charge is 0.358 e. The smallest absolute Gasteiger partial charge is 0.233 e. The van der Waals surface area contributed by atoms with E-state index in [4.69, 9.17) is 0 Å². The molecule has 1 aromatic heterocycles. The van der Waals surface area contributed by atoms with Gasteiger partial charge in [-0.15, -0.1) is 0 Å². The lowest BCUT2D eigenvalue weighted by Crippen LogP contribution is -2.31. The summed E-state index contributed by atoms with van der Waals surface area (Å²) >= 11 is 0. The second-order valence-electron chi connectivity index (χ2n) is 2.44. The monoisotopic (exact) mass is 180 g/mol. The zero-order chi connectivity index (χ0) is 9.52. The van der Waals surface area contributed by atoms with Crippen LogP contribution in [0.3, 0.4) is 0 Å². The predicted octanol–water partition coefficient (Wildman–Crippen LogP) is -0.688. The van der Waals surface area contributed by atoms with Gasteiger partial charge < -0.3 is 10.6 Å². The van der Waals surface area contributed by atoms with Crippen LogP contribution in [0, 0.1) is 0 Å². The molecule has 2 N–H and O–H groups in total. The van der Waals surface area contributed by atoms with E-state index in [1.807, 2.05) is 0 Å². The second kappa shape index (κ2) is 5.21. The van der Waals surface area contributed by atoms with E-state index in [0.717, 1.165) is 0 Å². The number of carbonyl (C=O) groups excluding carboxylic acids is 1. The third-order valence-corrected chi connectivity index (χ3v) is 1.47. The van der Waals surface area contributed by atoms with E-state index in [2.05, 4.69) is 20.6 Å². The third-order valence-electron chi connectivity index (χ3n) is 1.47. The molecule has 0 aliphatic carbocycles. The van der Waals surface area contributed by atoms with Gasteiger partial charge in [0, 0.05) is 19.4 Å². The Hall–Kier alpha value is -1.49. The van der Waals surface area contributed by atoms with Gasteiger partial charge in [-0.3, -0.25) is 4.79 Å². The fraction of sp³-hybridized carbons (Fsp3) is 0.375. The van der Waals surface area contributed by atoms with Crippen LogP contribution >= 0.6 is 0 Å². The summed E-state index contributed by atoms with van der Waals surface area (Å²) in [6, 6.07) is 1.75. The molecule has 0 spiro atoms. The SMILES string of the molecule is CNC(=O)CNCc1ncccn1. The summed E-state index contributed by atoms with van der Waals surface area (Å²) in [5, 5.41) is 5.42. The number of hydrogen-bond acceptors (Lipinski definition) is 4. The van der Waals surface area contributed by atoms with Crippen molar-refractivity contribution in [2.24, 2.45) is 0 Å². The molecule has 0 aromatic carbocycles. The molecule has 5 nitrogen and oxygen atoms in total. The molecule has 1 amide bonds. The number of aromatic nitrogens is 2. The third kappa shape index (κ3) is 3.62. The van der Waals surface area contributed by atoms with Gasteiger partial charge in [0.05, 0.1) is 13.1 Å². The van der Waals surface area contributed by atoms with Gasteiger partial charge in [0.1, 0.15) is 5.82 Å². The molecule has 13 heavy (non-hydrogen) atoms. The van der Waals surface area contributed by atoms with Crippen LogP contribution in [0.5, 0.6) is 0 Å². The van der Waals surface area contributed by atoms with Crippen molar-refractivity contribution in [3.63, 3.8) is 0 Å². The topological polar surface area (TPSA) is 66.9 Å². The van der Waals surface area contributed by atoms with Gasteiger partial charge in [-0.2, -0.15) is 0 Å². The minimum Gasteiger partial charge on any atom is -0.358 e. The van der Waals surface area contributed by atoms with E-state index in [1.165, 1.54) is 0 Å². The van der Waals surface area contributed by atoms with Crippen LogP contribution in [0.2, 0.25) is 0 Å². The fourth-order valence-corrected chi connectivity index (χ4v) is 0.797. The molecule has 0 saturated heterocycles. The van der Waals surface area contributed by atoms with E-state index < -0.39 is 0 Å². The zero-order valence-electron chi connectivity index (χ0n) is 7.45. The minimum atomic E-state index is -0.0454. The quantitative estimate of drug-likeness (QED) is 0.643. The van der Waals surface area contributed by atoms with Crippen LogP contribution in [-0.2, 0) is 11.3 Å². The predicted molar refractivity (Wildman–Crippen MR) is 47.8 cm³/mol. The molecule has 1 rings (SSSR count). The van der Waals surface area contributed by atoms with Crippen LogP contribution in [0.1, 0.15) is 5.82 Å². The van der Waals surface area contributed by atoms with Crippen molar-refractivity contribution in [1.29, 1.82) is 0 Å². The number of rotatable bonds is 4. The Morgan fingerprint density at radius 3 is 2.77 bits per heavy atom. The average Bonchev–Trinajstić information content (AvgIpc) is 2.19. The number of likely N-dealkylation sites (N-methyl/N-ethyl adjacent to an activating group) is 1. The Morgan fingerprint density at radius 1 is 1.46 bits per heavy atom. The van der Waals surface area contributed by atoms with Crippen molar-refractivity contribution in [1.82, 2.24) is 20.6 Å². The molecule has 0 bridgehead atoms. The maximum Gasteiger partial charge on any atom is 0.233 e. The van der Waals surface area contributed by atoms with Gasteiger partial charge >= 0.3 is 0 Å². The summed E-state index contributed by atoms with van der Waals surface area (Å²) in [6.45, 7) is 0.795. The highest BCUT2D eigenvalue weighted by atomic mass is 16.1. The van der Waals surface area contributed by atoms with Crippen LogP contribution in [-0.4, -0.2) is 29.5 Å². The molecule has 0 aliphatic rings. The molecule has 70 valence electrons. The number of carbonyl (C=O) groups is 1. The molecule has 0 unspecified atom stereocenters. The Labute approximate surface area is 76.6 Å². The number of amides is 1. The number of nitrogens with zero attached hydrogens (tertiary/aromatic N) is 2. The normalized spacial score (nSPS) is 9.62. The van der Waals surface area contributed by atoms with Gasteiger partial charge in [-0.05, 0) is 6.07 Å². The summed E-state index contributed by atoms with van der Waals surface area (Å²) in [7, 11) is 1.60. The first-order valence-electron chi connectivity index (χ1n) is 4.00. The molecule has 0 radical (unpaired) electrons. The zero-order valence-corrected chi connectivity index (χ0v) is 7.45. The molecule has 5 heteroatoms. The average molecular weight is 180 g/mol. The summed E-state index contributed by atoms with van der Waals surface area (Å²) in [4.78, 5) is 18.8. The molecular formula is C8H12N4O. The standard InChI is InChI=1S/C8H12N4O/c1-9-8(13)6-10-5-7-11-3-2-4-12-7/h2-4,10H,5-6H2,1H3,(H,9,13). The Kier molecular flexibility index (Phi) is 3.84. The Morgan fingerprint density at radius 2 is 2.15 bits per heavy atom. The lowest BCUT2D eigenvalue weighted by atomic mass is 10.5. The Bertz CT molecular complexity index is 262. The van der Waals surface area contributed by atoms with Gasteiger partial charge in [0.2, 0.25) is 5.91 Å². The van der Waals surface area contributed by atoms with Crippen molar-refractivity contribution < 1.29 is 4.79 Å². The van der Waals surface area contributed by atoms with Gasteiger partial charge in [0.25, 0.3) is 0 Å². The lowest BCUT2D eigenvalue weighted by molar-refractivity contribution is -0.119. The van der Waals surface area contributed by atoms with Crippen LogP contribution in [0.25, 0.3) is 0 Å². The van der Waals surface area contributed by atoms with Crippen molar-refractivity contribution >= 4 is 5.91 Å². The number of nitrogens with one attached hydrogen (secondary N) is 2. The summed E-state index contributed by atoms with van der Waals surface area (Å²) in [6.07, 6.45) is 3.34. The van der Waals surface area contributed by atoms with E-state index in [0.29, 0.717) is 12.4 Å². The highest BCUT2D eigenvalue weighted by Crippen LogP contribution is 1.84. The first-order valence-corrected chi connectivity index (χ1v) is 4.00. The lowest BCUT2D eigenvalue weighted by Gasteiger charge is -2.01. The summed E-state index contributed by atoms with van der Waals surface area (Å²) in [5.41, 5.74) is 0. The maximum atomic E-state index is 10.8. The molecule has 0 aliphatic heterocycles. The molecular weight excluding hydrogens is 168 g/mol. The highest BCUT2D eigenvalue weighted by molar-refractivity contribution is 5.77. The van der Waals surface area contributed by atoms with Crippen LogP contribution < -0.4 is 10.6 Å². The van der Waals surface area contributed by atoms with E-state index in [-0.39, 0.29) is 12.5 Å². The van der Waals surface area contributed by atoms with Crippen molar-refractivity contribution in [3.8, 4) is 0 Å².